The molecule has 1 aromatic heterocycles. The summed E-state index contributed by atoms with van der Waals surface area (Å²) < 4.78 is 1.49. The molecule has 0 aromatic carbocycles. The molecule has 1 aromatic rings. The van der Waals surface area contributed by atoms with Crippen LogP contribution in [0.4, 0.5) is 5.69 Å². The Balaban J connectivity index is 0.00000200. The van der Waals surface area contributed by atoms with Gasteiger partial charge >= 0.3 is 5.69 Å². The van der Waals surface area contributed by atoms with Gasteiger partial charge in [-0.2, -0.15) is 5.10 Å². The molecule has 0 unspecified atom stereocenters. The largest absolute Gasteiger partial charge is 0.370 e. The maximum absolute atomic E-state index is 10.5. The molecule has 9 heteroatoms. The van der Waals surface area contributed by atoms with Crippen LogP contribution in [0.1, 0.15) is 25.7 Å². The summed E-state index contributed by atoms with van der Waals surface area (Å²) in [7, 11) is 0. The molecule has 1 aliphatic rings. The quantitative estimate of drug-likeness (QED) is 0.257. The number of nitro groups is 1. The van der Waals surface area contributed by atoms with Crippen LogP contribution in [0, 0.1) is 10.1 Å². The van der Waals surface area contributed by atoms with Crippen LogP contribution in [-0.4, -0.2) is 33.2 Å². The second-order valence-electron chi connectivity index (χ2n) is 4.61. The van der Waals surface area contributed by atoms with Crippen molar-refractivity contribution >= 4 is 35.6 Å². The topological polar surface area (TPSA) is 111 Å². The van der Waals surface area contributed by atoms with Gasteiger partial charge < -0.3 is 11.1 Å². The second-order valence-corrected chi connectivity index (χ2v) is 4.61. The van der Waals surface area contributed by atoms with E-state index in [-0.39, 0.29) is 29.7 Å². The minimum Gasteiger partial charge on any atom is -0.370 e. The lowest BCUT2D eigenvalue weighted by Gasteiger charge is -2.12. The zero-order chi connectivity index (χ0) is 13.7. The Morgan fingerprint density at radius 2 is 2.30 bits per heavy atom. The summed E-state index contributed by atoms with van der Waals surface area (Å²) in [4.78, 5) is 14.2. The second kappa shape index (κ2) is 8.02. The minimum atomic E-state index is -0.469. The molecule has 1 heterocycles. The minimum absolute atomic E-state index is 0. The molecule has 0 radical (unpaired) electrons. The molecule has 2 rings (SSSR count). The van der Waals surface area contributed by atoms with Gasteiger partial charge in [-0.3, -0.25) is 19.8 Å². The van der Waals surface area contributed by atoms with E-state index in [1.54, 1.807) is 0 Å². The van der Waals surface area contributed by atoms with Crippen molar-refractivity contribution in [1.82, 2.24) is 15.1 Å². The van der Waals surface area contributed by atoms with Gasteiger partial charge in [-0.15, -0.1) is 24.0 Å². The van der Waals surface area contributed by atoms with E-state index >= 15 is 0 Å². The predicted octanol–water partition coefficient (Wildman–Crippen LogP) is 1.26. The van der Waals surface area contributed by atoms with Crippen LogP contribution in [0.5, 0.6) is 0 Å². The fourth-order valence-corrected chi connectivity index (χ4v) is 2.17. The van der Waals surface area contributed by atoms with Crippen molar-refractivity contribution in [3.05, 3.63) is 22.5 Å². The van der Waals surface area contributed by atoms with Crippen molar-refractivity contribution in [3.8, 4) is 0 Å². The zero-order valence-corrected chi connectivity index (χ0v) is 13.4. The number of nitrogens with two attached hydrogens (primary N) is 1. The van der Waals surface area contributed by atoms with E-state index in [9.17, 15) is 10.1 Å². The molecule has 8 nitrogen and oxygen atoms in total. The molecule has 112 valence electrons. The van der Waals surface area contributed by atoms with Crippen LogP contribution in [0.25, 0.3) is 0 Å². The SMILES string of the molecule is I.NC(=NCCn1cc([N+](=O)[O-])cn1)NC1CCCC1. The molecule has 0 spiro atoms. The van der Waals surface area contributed by atoms with E-state index in [0.717, 1.165) is 12.8 Å². The van der Waals surface area contributed by atoms with E-state index in [0.29, 0.717) is 25.1 Å². The normalized spacial score (nSPS) is 15.9. The smallest absolute Gasteiger partial charge is 0.306 e. The average molecular weight is 394 g/mol. The van der Waals surface area contributed by atoms with Gasteiger partial charge in [0.25, 0.3) is 0 Å². The summed E-state index contributed by atoms with van der Waals surface area (Å²) in [5.74, 6) is 0.438. The van der Waals surface area contributed by atoms with Crippen molar-refractivity contribution in [2.24, 2.45) is 10.7 Å². The Morgan fingerprint density at radius 3 is 2.90 bits per heavy atom. The molecule has 0 saturated heterocycles. The van der Waals surface area contributed by atoms with E-state index in [1.165, 1.54) is 29.9 Å². The first-order valence-corrected chi connectivity index (χ1v) is 6.38. The summed E-state index contributed by atoms with van der Waals surface area (Å²) >= 11 is 0. The lowest BCUT2D eigenvalue weighted by molar-refractivity contribution is -0.385. The number of rotatable bonds is 5. The van der Waals surface area contributed by atoms with Crippen LogP contribution < -0.4 is 11.1 Å². The Morgan fingerprint density at radius 1 is 1.60 bits per heavy atom. The summed E-state index contributed by atoms with van der Waals surface area (Å²) in [6.45, 7) is 0.922. The highest BCUT2D eigenvalue weighted by molar-refractivity contribution is 14.0. The molecular weight excluding hydrogens is 375 g/mol. The fraction of sp³-hybridized carbons (Fsp3) is 0.636. The molecule has 0 bridgehead atoms. The first-order chi connectivity index (χ1) is 9.15. The number of hydrogen-bond donors (Lipinski definition) is 2. The lowest BCUT2D eigenvalue weighted by Crippen LogP contribution is -2.38. The van der Waals surface area contributed by atoms with Crippen molar-refractivity contribution in [1.29, 1.82) is 0 Å². The average Bonchev–Trinajstić information content (AvgIpc) is 3.00. The Kier molecular flexibility index (Phi) is 6.68. The van der Waals surface area contributed by atoms with Crippen molar-refractivity contribution in [2.45, 2.75) is 38.3 Å². The highest BCUT2D eigenvalue weighted by atomic mass is 127. The van der Waals surface area contributed by atoms with Gasteiger partial charge in [0.2, 0.25) is 0 Å². The number of hydrogen-bond acceptors (Lipinski definition) is 4. The van der Waals surface area contributed by atoms with Crippen molar-refractivity contribution in [2.75, 3.05) is 6.54 Å². The monoisotopic (exact) mass is 394 g/mol. The van der Waals surface area contributed by atoms with Crippen LogP contribution in [0.15, 0.2) is 17.4 Å². The molecule has 1 saturated carbocycles. The van der Waals surface area contributed by atoms with E-state index < -0.39 is 4.92 Å². The van der Waals surface area contributed by atoms with Crippen molar-refractivity contribution in [3.63, 3.8) is 0 Å². The van der Waals surface area contributed by atoms with Gasteiger partial charge in [0.15, 0.2) is 5.96 Å². The van der Waals surface area contributed by atoms with Crippen LogP contribution >= 0.6 is 24.0 Å². The Labute approximate surface area is 134 Å². The number of halogens is 1. The first-order valence-electron chi connectivity index (χ1n) is 6.38. The van der Waals surface area contributed by atoms with Crippen LogP contribution in [0.3, 0.4) is 0 Å². The van der Waals surface area contributed by atoms with Crippen LogP contribution in [0.2, 0.25) is 0 Å². The van der Waals surface area contributed by atoms with Gasteiger partial charge in [-0.25, -0.2) is 0 Å². The third-order valence-electron chi connectivity index (χ3n) is 3.15. The zero-order valence-electron chi connectivity index (χ0n) is 11.1. The molecule has 0 amide bonds. The first kappa shape index (κ1) is 16.7. The maximum atomic E-state index is 10.5. The standard InChI is InChI=1S/C11H18N6O2.HI/c12-11(15-9-3-1-2-4-9)13-5-6-16-8-10(7-14-16)17(18)19;/h7-9H,1-6H2,(H3,12,13,15);1H. The lowest BCUT2D eigenvalue weighted by atomic mass is 10.2. The summed E-state index contributed by atoms with van der Waals surface area (Å²) in [5, 5.41) is 17.5. The van der Waals surface area contributed by atoms with E-state index in [1.807, 2.05) is 0 Å². The molecule has 0 aliphatic heterocycles. The highest BCUT2D eigenvalue weighted by Gasteiger charge is 2.14. The summed E-state index contributed by atoms with van der Waals surface area (Å²) in [5.41, 5.74) is 5.76. The van der Waals surface area contributed by atoms with Gasteiger partial charge in [0, 0.05) is 6.04 Å². The Hall–Kier alpha value is -1.39. The maximum Gasteiger partial charge on any atom is 0.306 e. The fourth-order valence-electron chi connectivity index (χ4n) is 2.17. The van der Waals surface area contributed by atoms with E-state index in [4.69, 9.17) is 5.73 Å². The molecule has 1 fully saturated rings. The Bertz CT molecular complexity index is 469. The highest BCUT2D eigenvalue weighted by Crippen LogP contribution is 2.17. The molecule has 0 atom stereocenters. The van der Waals surface area contributed by atoms with Gasteiger partial charge in [-0.1, -0.05) is 12.8 Å². The summed E-state index contributed by atoms with van der Waals surface area (Å²) in [6, 6.07) is 0.439. The van der Waals surface area contributed by atoms with Gasteiger partial charge in [-0.05, 0) is 12.8 Å². The number of nitrogens with zero attached hydrogens (tertiary/aromatic N) is 4. The molecule has 20 heavy (non-hydrogen) atoms. The predicted molar refractivity (Wildman–Crippen MR) is 86.2 cm³/mol. The number of aliphatic imine (C=N–C) groups is 1. The van der Waals surface area contributed by atoms with Crippen LogP contribution in [-0.2, 0) is 6.54 Å². The van der Waals surface area contributed by atoms with Gasteiger partial charge in [0.05, 0.1) is 18.0 Å². The number of guanidine groups is 1. The molecule has 1 aliphatic carbocycles. The number of aromatic nitrogens is 2. The van der Waals surface area contributed by atoms with Crippen molar-refractivity contribution < 1.29 is 4.92 Å². The third-order valence-corrected chi connectivity index (χ3v) is 3.15. The summed E-state index contributed by atoms with van der Waals surface area (Å²) in [6.07, 6.45) is 7.37. The number of nitrogens with one attached hydrogen (secondary N) is 1. The molecule has 3 N–H and O–H groups in total. The third kappa shape index (κ3) is 4.94. The van der Waals surface area contributed by atoms with E-state index in [2.05, 4.69) is 15.4 Å². The van der Waals surface area contributed by atoms with Gasteiger partial charge in [0.1, 0.15) is 12.4 Å². The molecular formula is C11H19IN6O2.